The smallest absolute Gasteiger partial charge is 0.222 e. The van der Waals surface area contributed by atoms with E-state index in [0.717, 1.165) is 38.0 Å². The van der Waals surface area contributed by atoms with Gasteiger partial charge < -0.3 is 19.9 Å². The van der Waals surface area contributed by atoms with Crippen LogP contribution in [0.5, 0.6) is 5.75 Å². The van der Waals surface area contributed by atoms with Crippen LogP contribution >= 0.6 is 0 Å². The molecule has 0 spiro atoms. The summed E-state index contributed by atoms with van der Waals surface area (Å²) in [5.74, 6) is -0.476. The van der Waals surface area contributed by atoms with Gasteiger partial charge >= 0.3 is 0 Å². The third-order valence-electron chi connectivity index (χ3n) is 7.42. The monoisotopic (exact) mass is 535 g/mol. The molecule has 8 heteroatoms. The summed E-state index contributed by atoms with van der Waals surface area (Å²) >= 11 is 0. The molecular weight excluding hydrogens is 496 g/mol. The lowest BCUT2D eigenvalue weighted by Crippen LogP contribution is -2.38. The number of anilines is 2. The number of ether oxygens (including phenoxy) is 1. The number of likely N-dealkylation sites (tertiary alicyclic amines) is 1. The van der Waals surface area contributed by atoms with Crippen LogP contribution in [-0.2, 0) is 6.42 Å². The van der Waals surface area contributed by atoms with Crippen molar-refractivity contribution >= 4 is 23.0 Å². The zero-order chi connectivity index (χ0) is 28.1. The van der Waals surface area contributed by atoms with E-state index in [0.29, 0.717) is 24.8 Å². The molecule has 2 aliphatic rings. The second kappa shape index (κ2) is 12.6. The molecule has 2 aliphatic heterocycles. The van der Waals surface area contributed by atoms with E-state index < -0.39 is 11.6 Å². The van der Waals surface area contributed by atoms with Gasteiger partial charge in [0.1, 0.15) is 18.1 Å². The standard InChI is InChI=1S/C31H39F2N5O/c1-7-8-23-17-25(9-10-26(23)22-11-13-37(6)14-12-22)35-31(34-5)36-29(21(4)32)24-18-27(33)30-28(19-24)38(20(2)3)15-16-39-30/h7,9-10,17-20,22H,1,4,8,11-16H2,2-3,5-6H3,(H,34,35)/b36-29+. The van der Waals surface area contributed by atoms with Gasteiger partial charge in [0.2, 0.25) is 5.96 Å². The number of nitrogens with zero attached hydrogens (tertiary/aromatic N) is 4. The molecule has 1 N–H and O–H groups in total. The second-order valence-electron chi connectivity index (χ2n) is 10.5. The number of guanidine groups is 1. The second-order valence-corrected chi connectivity index (χ2v) is 10.5. The fourth-order valence-electron chi connectivity index (χ4n) is 5.36. The molecule has 0 aromatic heterocycles. The topological polar surface area (TPSA) is 52.5 Å². The van der Waals surface area contributed by atoms with E-state index in [1.807, 2.05) is 30.9 Å². The van der Waals surface area contributed by atoms with Gasteiger partial charge in [-0.05, 0) is 94.6 Å². The molecule has 4 rings (SSSR count). The van der Waals surface area contributed by atoms with Crippen molar-refractivity contribution in [1.29, 1.82) is 0 Å². The Hall–Kier alpha value is -3.52. The van der Waals surface area contributed by atoms with Crippen LogP contribution in [0.2, 0.25) is 0 Å². The maximum atomic E-state index is 15.1. The fraction of sp³-hybridized carbons (Fsp3) is 0.419. The first-order valence-corrected chi connectivity index (χ1v) is 13.5. The zero-order valence-corrected chi connectivity index (χ0v) is 23.4. The van der Waals surface area contributed by atoms with Crippen LogP contribution < -0.4 is 15.0 Å². The van der Waals surface area contributed by atoms with Crippen molar-refractivity contribution in [3.05, 3.63) is 77.9 Å². The van der Waals surface area contributed by atoms with Crippen molar-refractivity contribution in [3.63, 3.8) is 0 Å². The molecule has 39 heavy (non-hydrogen) atoms. The van der Waals surface area contributed by atoms with Crippen molar-refractivity contribution in [2.24, 2.45) is 9.98 Å². The molecule has 2 heterocycles. The molecule has 0 saturated carbocycles. The molecule has 1 fully saturated rings. The van der Waals surface area contributed by atoms with Crippen LogP contribution in [0.4, 0.5) is 20.2 Å². The average Bonchev–Trinajstić information content (AvgIpc) is 2.91. The van der Waals surface area contributed by atoms with E-state index in [2.05, 4.69) is 52.5 Å². The Kier molecular flexibility index (Phi) is 9.17. The Balaban J connectivity index is 1.64. The molecule has 0 radical (unpaired) electrons. The van der Waals surface area contributed by atoms with E-state index in [1.54, 1.807) is 13.1 Å². The van der Waals surface area contributed by atoms with Crippen molar-refractivity contribution in [1.82, 2.24) is 4.90 Å². The number of halogens is 2. The molecule has 0 bridgehead atoms. The highest BCUT2D eigenvalue weighted by Crippen LogP contribution is 2.37. The van der Waals surface area contributed by atoms with Crippen LogP contribution in [-0.4, -0.2) is 62.9 Å². The van der Waals surface area contributed by atoms with Crippen molar-refractivity contribution in [3.8, 4) is 5.75 Å². The number of benzene rings is 2. The molecule has 0 amide bonds. The molecule has 0 unspecified atom stereocenters. The zero-order valence-electron chi connectivity index (χ0n) is 23.4. The largest absolute Gasteiger partial charge is 0.486 e. The molecule has 2 aromatic carbocycles. The SMILES string of the molecule is C=CCc1cc(NC(=N/C)/N=C(\C(=C)F)c2cc(F)c3c(c2)N(C(C)C)CCO3)ccc1C1CCN(C)CC1. The summed E-state index contributed by atoms with van der Waals surface area (Å²) in [6.07, 6.45) is 4.90. The maximum absolute atomic E-state index is 15.1. The van der Waals surface area contributed by atoms with Gasteiger partial charge in [-0.1, -0.05) is 18.7 Å². The molecule has 208 valence electrons. The van der Waals surface area contributed by atoms with Crippen molar-refractivity contribution < 1.29 is 13.5 Å². The number of aliphatic imine (C=N–C) groups is 2. The number of hydrogen-bond acceptors (Lipinski definition) is 4. The van der Waals surface area contributed by atoms with Crippen molar-refractivity contribution in [2.45, 2.75) is 45.1 Å². The summed E-state index contributed by atoms with van der Waals surface area (Å²) in [5.41, 5.74) is 4.07. The predicted molar refractivity (Wildman–Crippen MR) is 158 cm³/mol. The summed E-state index contributed by atoms with van der Waals surface area (Å²) < 4.78 is 35.4. The summed E-state index contributed by atoms with van der Waals surface area (Å²) in [6, 6.07) is 9.29. The lowest BCUT2D eigenvalue weighted by atomic mass is 9.85. The number of fused-ring (bicyclic) bond motifs is 1. The summed E-state index contributed by atoms with van der Waals surface area (Å²) in [4.78, 5) is 13.1. The Labute approximate surface area is 230 Å². The Morgan fingerprint density at radius 3 is 2.59 bits per heavy atom. The first-order valence-electron chi connectivity index (χ1n) is 13.5. The number of piperidine rings is 1. The first-order chi connectivity index (χ1) is 18.7. The lowest BCUT2D eigenvalue weighted by Gasteiger charge is -2.34. The highest BCUT2D eigenvalue weighted by Gasteiger charge is 2.26. The molecule has 2 aromatic rings. The van der Waals surface area contributed by atoms with Gasteiger partial charge in [0.25, 0.3) is 0 Å². The Bertz CT molecular complexity index is 1280. The van der Waals surface area contributed by atoms with Gasteiger partial charge in [-0.25, -0.2) is 13.8 Å². The average molecular weight is 536 g/mol. The van der Waals surface area contributed by atoms with E-state index in [-0.39, 0.29) is 29.0 Å². The minimum Gasteiger partial charge on any atom is -0.486 e. The summed E-state index contributed by atoms with van der Waals surface area (Å²) in [6.45, 7) is 14.6. The van der Waals surface area contributed by atoms with Crippen LogP contribution in [0.15, 0.2) is 65.4 Å². The molecule has 1 saturated heterocycles. The minimum atomic E-state index is -0.782. The summed E-state index contributed by atoms with van der Waals surface area (Å²) in [5, 5.41) is 3.21. The van der Waals surface area contributed by atoms with Gasteiger partial charge in [0.15, 0.2) is 11.6 Å². The van der Waals surface area contributed by atoms with Crippen LogP contribution in [0.25, 0.3) is 0 Å². The minimum absolute atomic E-state index is 0.0895. The number of nitrogens with one attached hydrogen (secondary N) is 1. The maximum Gasteiger partial charge on any atom is 0.222 e. The van der Waals surface area contributed by atoms with Crippen LogP contribution in [0.3, 0.4) is 0 Å². The van der Waals surface area contributed by atoms with Gasteiger partial charge in [0, 0.05) is 24.3 Å². The van der Waals surface area contributed by atoms with E-state index >= 15 is 4.39 Å². The molecule has 0 aliphatic carbocycles. The fourth-order valence-corrected chi connectivity index (χ4v) is 5.36. The highest BCUT2D eigenvalue weighted by atomic mass is 19.1. The molecule has 6 nitrogen and oxygen atoms in total. The Morgan fingerprint density at radius 2 is 1.95 bits per heavy atom. The van der Waals surface area contributed by atoms with E-state index in [9.17, 15) is 4.39 Å². The number of hydrogen-bond donors (Lipinski definition) is 1. The first kappa shape index (κ1) is 28.5. The number of rotatable bonds is 7. The third-order valence-corrected chi connectivity index (χ3v) is 7.42. The predicted octanol–water partition coefficient (Wildman–Crippen LogP) is 6.34. The molecule has 0 atom stereocenters. The number of allylic oxidation sites excluding steroid dienone is 2. The van der Waals surface area contributed by atoms with Gasteiger partial charge in [-0.15, -0.1) is 6.58 Å². The van der Waals surface area contributed by atoms with Crippen LogP contribution in [0, 0.1) is 5.82 Å². The van der Waals surface area contributed by atoms with Crippen molar-refractivity contribution in [2.75, 3.05) is 50.6 Å². The quantitative estimate of drug-likeness (QED) is 0.255. The van der Waals surface area contributed by atoms with E-state index in [4.69, 9.17) is 4.74 Å². The lowest BCUT2D eigenvalue weighted by molar-refractivity contribution is 0.255. The van der Waals surface area contributed by atoms with Gasteiger partial charge in [-0.2, -0.15) is 0 Å². The normalized spacial score (nSPS) is 17.2. The van der Waals surface area contributed by atoms with E-state index in [1.165, 1.54) is 17.2 Å². The highest BCUT2D eigenvalue weighted by molar-refractivity contribution is 6.17. The Morgan fingerprint density at radius 1 is 1.21 bits per heavy atom. The van der Waals surface area contributed by atoms with Crippen LogP contribution in [0.1, 0.15) is 49.3 Å². The third kappa shape index (κ3) is 6.56. The van der Waals surface area contributed by atoms with Gasteiger partial charge in [0.05, 0.1) is 12.2 Å². The molecular formula is C31H39F2N5O. The van der Waals surface area contributed by atoms with Gasteiger partial charge in [-0.3, -0.25) is 4.99 Å². The summed E-state index contributed by atoms with van der Waals surface area (Å²) in [7, 11) is 3.73.